The highest BCUT2D eigenvalue weighted by atomic mass is 16.2. The summed E-state index contributed by atoms with van der Waals surface area (Å²) in [6.45, 7) is 0.811. The Morgan fingerprint density at radius 3 is 2.59 bits per heavy atom. The van der Waals surface area contributed by atoms with E-state index in [2.05, 4.69) is 11.2 Å². The summed E-state index contributed by atoms with van der Waals surface area (Å²) in [6, 6.07) is 0. The number of nitrogens with one attached hydrogen (secondary N) is 1. The summed E-state index contributed by atoms with van der Waals surface area (Å²) < 4.78 is 0. The maximum Gasteiger partial charge on any atom is 0.223 e. The van der Waals surface area contributed by atoms with Crippen LogP contribution >= 0.6 is 0 Å². The molecule has 2 nitrogen and oxygen atoms in total. The van der Waals surface area contributed by atoms with Gasteiger partial charge in [0.2, 0.25) is 5.91 Å². The third-order valence-corrected chi connectivity index (χ3v) is 5.09. The van der Waals surface area contributed by atoms with E-state index in [0.29, 0.717) is 11.8 Å². The average molecular weight is 231 g/mol. The maximum absolute atomic E-state index is 12.0. The number of carbonyl (C=O) groups is 1. The van der Waals surface area contributed by atoms with Gasteiger partial charge in [-0.05, 0) is 55.8 Å². The van der Waals surface area contributed by atoms with E-state index in [1.165, 1.54) is 19.3 Å². The third kappa shape index (κ3) is 1.86. The molecular weight excluding hydrogens is 210 g/mol. The van der Waals surface area contributed by atoms with Crippen molar-refractivity contribution in [3.05, 3.63) is 0 Å². The third-order valence-electron chi connectivity index (χ3n) is 5.09. The molecule has 4 atom stereocenters. The number of hydrogen-bond acceptors (Lipinski definition) is 1. The maximum atomic E-state index is 12.0. The SMILES string of the molecule is C#CCCCCNC(=O)C1C2C3CCC(C3)C12. The van der Waals surface area contributed by atoms with E-state index >= 15 is 0 Å². The normalized spacial score (nSPS) is 40.8. The van der Waals surface area contributed by atoms with Crippen LogP contribution in [0.3, 0.4) is 0 Å². The van der Waals surface area contributed by atoms with Crippen LogP contribution in [0.4, 0.5) is 0 Å². The molecule has 2 bridgehead atoms. The van der Waals surface area contributed by atoms with E-state index in [1.807, 2.05) is 0 Å². The summed E-state index contributed by atoms with van der Waals surface area (Å²) in [4.78, 5) is 12.0. The summed E-state index contributed by atoms with van der Waals surface area (Å²) in [5.41, 5.74) is 0. The first kappa shape index (κ1) is 11.1. The molecule has 0 aromatic rings. The molecule has 0 radical (unpaired) electrons. The summed E-state index contributed by atoms with van der Waals surface area (Å²) >= 11 is 0. The Morgan fingerprint density at radius 1 is 1.24 bits per heavy atom. The molecule has 3 rings (SSSR count). The van der Waals surface area contributed by atoms with Crippen LogP contribution in [0, 0.1) is 41.9 Å². The summed E-state index contributed by atoms with van der Waals surface area (Å²) in [7, 11) is 0. The Labute approximate surface area is 104 Å². The smallest absolute Gasteiger partial charge is 0.223 e. The molecule has 1 amide bonds. The van der Waals surface area contributed by atoms with Crippen molar-refractivity contribution >= 4 is 5.91 Å². The highest BCUT2D eigenvalue weighted by Crippen LogP contribution is 2.69. The number of amides is 1. The van der Waals surface area contributed by atoms with Gasteiger partial charge in [0.25, 0.3) is 0 Å². The summed E-state index contributed by atoms with van der Waals surface area (Å²) in [6.07, 6.45) is 12.3. The lowest BCUT2D eigenvalue weighted by atomic mass is 10.0. The van der Waals surface area contributed by atoms with Crippen molar-refractivity contribution in [2.75, 3.05) is 6.54 Å². The second kappa shape index (κ2) is 4.37. The fourth-order valence-corrected chi connectivity index (χ4v) is 4.36. The minimum Gasteiger partial charge on any atom is -0.356 e. The molecule has 92 valence electrons. The Kier molecular flexibility index (Phi) is 2.86. The highest BCUT2D eigenvalue weighted by Gasteiger charge is 2.67. The van der Waals surface area contributed by atoms with Gasteiger partial charge in [-0.1, -0.05) is 0 Å². The molecule has 0 aromatic carbocycles. The van der Waals surface area contributed by atoms with Gasteiger partial charge in [-0.2, -0.15) is 0 Å². The van der Waals surface area contributed by atoms with Gasteiger partial charge in [0, 0.05) is 18.9 Å². The van der Waals surface area contributed by atoms with E-state index in [1.54, 1.807) is 0 Å². The van der Waals surface area contributed by atoms with Gasteiger partial charge in [-0.25, -0.2) is 0 Å². The molecule has 17 heavy (non-hydrogen) atoms. The van der Waals surface area contributed by atoms with Crippen LogP contribution in [-0.2, 0) is 4.79 Å². The van der Waals surface area contributed by atoms with E-state index < -0.39 is 0 Å². The minimum absolute atomic E-state index is 0.331. The van der Waals surface area contributed by atoms with Gasteiger partial charge in [-0.3, -0.25) is 4.79 Å². The zero-order valence-electron chi connectivity index (χ0n) is 10.3. The first-order chi connectivity index (χ1) is 8.33. The molecule has 4 unspecified atom stereocenters. The number of carbonyl (C=O) groups excluding carboxylic acids is 1. The van der Waals surface area contributed by atoms with Crippen molar-refractivity contribution in [2.45, 2.75) is 38.5 Å². The molecule has 3 aliphatic carbocycles. The van der Waals surface area contributed by atoms with E-state index in [9.17, 15) is 4.79 Å². The molecule has 3 fully saturated rings. The summed E-state index contributed by atoms with van der Waals surface area (Å²) in [5.74, 6) is 6.65. The molecule has 1 N–H and O–H groups in total. The fourth-order valence-electron chi connectivity index (χ4n) is 4.36. The minimum atomic E-state index is 0.331. The molecule has 0 spiro atoms. The number of rotatable bonds is 5. The van der Waals surface area contributed by atoms with Crippen LogP contribution in [-0.4, -0.2) is 12.5 Å². The quantitative estimate of drug-likeness (QED) is 0.570. The van der Waals surface area contributed by atoms with Gasteiger partial charge in [0.05, 0.1) is 0 Å². The van der Waals surface area contributed by atoms with Crippen LogP contribution in [0.15, 0.2) is 0 Å². The van der Waals surface area contributed by atoms with Crippen molar-refractivity contribution in [3.8, 4) is 12.3 Å². The largest absolute Gasteiger partial charge is 0.356 e. The van der Waals surface area contributed by atoms with E-state index in [4.69, 9.17) is 6.42 Å². The molecule has 2 heteroatoms. The van der Waals surface area contributed by atoms with Gasteiger partial charge >= 0.3 is 0 Å². The molecule has 0 aliphatic heterocycles. The number of fused-ring (bicyclic) bond motifs is 5. The molecule has 0 heterocycles. The first-order valence-corrected chi connectivity index (χ1v) is 7.04. The molecule has 3 saturated carbocycles. The Bertz CT molecular complexity index is 340. The van der Waals surface area contributed by atoms with Gasteiger partial charge in [0.15, 0.2) is 0 Å². The summed E-state index contributed by atoms with van der Waals surface area (Å²) in [5, 5.41) is 3.09. The van der Waals surface area contributed by atoms with Crippen LogP contribution in [0.1, 0.15) is 38.5 Å². The van der Waals surface area contributed by atoms with Crippen molar-refractivity contribution in [3.63, 3.8) is 0 Å². The van der Waals surface area contributed by atoms with Crippen molar-refractivity contribution in [1.29, 1.82) is 0 Å². The first-order valence-electron chi connectivity index (χ1n) is 7.04. The van der Waals surface area contributed by atoms with Gasteiger partial charge < -0.3 is 5.32 Å². The molecule has 0 aromatic heterocycles. The van der Waals surface area contributed by atoms with Gasteiger partial charge in [-0.15, -0.1) is 12.3 Å². The lowest BCUT2D eigenvalue weighted by molar-refractivity contribution is -0.123. The Balaban J connectivity index is 1.39. The Hall–Kier alpha value is -0.970. The zero-order valence-corrected chi connectivity index (χ0v) is 10.3. The lowest BCUT2D eigenvalue weighted by Gasteiger charge is -2.09. The molecular formula is C15H21NO. The predicted molar refractivity (Wildman–Crippen MR) is 67.0 cm³/mol. The van der Waals surface area contributed by atoms with Crippen LogP contribution < -0.4 is 5.32 Å². The van der Waals surface area contributed by atoms with Crippen molar-refractivity contribution in [2.24, 2.45) is 29.6 Å². The van der Waals surface area contributed by atoms with Crippen molar-refractivity contribution in [1.82, 2.24) is 5.32 Å². The zero-order chi connectivity index (χ0) is 11.8. The molecule has 0 saturated heterocycles. The topological polar surface area (TPSA) is 29.1 Å². The predicted octanol–water partition coefficient (Wildman–Crippen LogP) is 2.20. The number of terminal acetylenes is 1. The highest BCUT2D eigenvalue weighted by molar-refractivity contribution is 5.82. The number of unbranched alkanes of at least 4 members (excludes halogenated alkanes) is 2. The average Bonchev–Trinajstić information content (AvgIpc) is 2.78. The lowest BCUT2D eigenvalue weighted by Crippen LogP contribution is -2.28. The van der Waals surface area contributed by atoms with E-state index in [0.717, 1.165) is 49.5 Å². The van der Waals surface area contributed by atoms with Crippen LogP contribution in [0.5, 0.6) is 0 Å². The number of hydrogen-bond donors (Lipinski definition) is 1. The van der Waals surface area contributed by atoms with E-state index in [-0.39, 0.29) is 0 Å². The monoisotopic (exact) mass is 231 g/mol. The molecule has 3 aliphatic rings. The van der Waals surface area contributed by atoms with Crippen molar-refractivity contribution < 1.29 is 4.79 Å². The van der Waals surface area contributed by atoms with Gasteiger partial charge in [0.1, 0.15) is 0 Å². The van der Waals surface area contributed by atoms with Crippen LogP contribution in [0.25, 0.3) is 0 Å². The fraction of sp³-hybridized carbons (Fsp3) is 0.800. The second-order valence-corrected chi connectivity index (χ2v) is 5.97. The second-order valence-electron chi connectivity index (χ2n) is 5.97. The Morgan fingerprint density at radius 2 is 1.94 bits per heavy atom. The standard InChI is InChI=1S/C15H21NO/c1-2-3-4-5-8-16-15(17)14-12-10-6-7-11(9-10)13(12)14/h1,10-14H,3-9H2,(H,16,17). The van der Waals surface area contributed by atoms with Crippen LogP contribution in [0.2, 0.25) is 0 Å².